The van der Waals surface area contributed by atoms with Crippen LogP contribution in [0, 0.1) is 5.82 Å². The minimum atomic E-state index is -4.84. The van der Waals surface area contributed by atoms with Gasteiger partial charge in [0.25, 0.3) is 0 Å². The molecule has 1 aliphatic heterocycles. The van der Waals surface area contributed by atoms with Crippen molar-refractivity contribution >= 4 is 5.78 Å². The quantitative estimate of drug-likeness (QED) is 0.798. The molecule has 3 unspecified atom stereocenters. The number of hydrogen-bond acceptors (Lipinski definition) is 5. The van der Waals surface area contributed by atoms with Gasteiger partial charge in [0, 0.05) is 29.6 Å². The molecule has 2 heterocycles. The molecule has 5 nitrogen and oxygen atoms in total. The summed E-state index contributed by atoms with van der Waals surface area (Å²) in [6.45, 7) is 1.49. The Morgan fingerprint density at radius 3 is 2.44 bits per heavy atom. The van der Waals surface area contributed by atoms with Gasteiger partial charge in [-0.15, -0.1) is 0 Å². The fourth-order valence-electron chi connectivity index (χ4n) is 2.99. The fourth-order valence-corrected chi connectivity index (χ4v) is 2.99. The van der Waals surface area contributed by atoms with Gasteiger partial charge in [-0.1, -0.05) is 18.2 Å². The molecule has 1 aromatic carbocycles. The van der Waals surface area contributed by atoms with Crippen LogP contribution in [0.2, 0.25) is 0 Å². The molecule has 3 atom stereocenters. The van der Waals surface area contributed by atoms with Crippen LogP contribution in [0.3, 0.4) is 0 Å². The zero-order valence-corrected chi connectivity index (χ0v) is 14.3. The molecule has 9 heteroatoms. The Hall–Kier alpha value is -2.55. The molecule has 27 heavy (non-hydrogen) atoms. The number of benzene rings is 1. The molecule has 1 N–H and O–H groups in total. The molecule has 144 valence electrons. The second-order valence-corrected chi connectivity index (χ2v) is 6.32. The van der Waals surface area contributed by atoms with Gasteiger partial charge in [0.15, 0.2) is 0 Å². The van der Waals surface area contributed by atoms with Crippen LogP contribution in [0.15, 0.2) is 36.7 Å². The van der Waals surface area contributed by atoms with E-state index in [9.17, 15) is 22.4 Å². The van der Waals surface area contributed by atoms with Crippen LogP contribution < -0.4 is 10.1 Å². The molecule has 1 aromatic heterocycles. The summed E-state index contributed by atoms with van der Waals surface area (Å²) in [7, 11) is 0. The van der Waals surface area contributed by atoms with Gasteiger partial charge in [-0.2, -0.15) is 13.2 Å². The second kappa shape index (κ2) is 7.59. The van der Waals surface area contributed by atoms with Gasteiger partial charge in [0.1, 0.15) is 11.6 Å². The molecule has 3 rings (SSSR count). The number of nitrogens with zero attached hydrogens (tertiary/aromatic N) is 2. The van der Waals surface area contributed by atoms with E-state index in [0.29, 0.717) is 18.4 Å². The number of carbonyl (C=O) groups is 1. The number of carbonyl (C=O) groups excluding carboxylic acids is 1. The van der Waals surface area contributed by atoms with Crippen molar-refractivity contribution in [2.24, 2.45) is 0 Å². The average Bonchev–Trinajstić information content (AvgIpc) is 3.10. The third-order valence-electron chi connectivity index (χ3n) is 4.40. The Morgan fingerprint density at radius 1 is 1.22 bits per heavy atom. The van der Waals surface area contributed by atoms with E-state index in [1.165, 1.54) is 31.5 Å². The van der Waals surface area contributed by atoms with Crippen LogP contribution in [0.5, 0.6) is 6.01 Å². The highest BCUT2D eigenvalue weighted by molar-refractivity contribution is 5.81. The number of ether oxygens (including phenoxy) is 1. The third kappa shape index (κ3) is 4.41. The lowest BCUT2D eigenvalue weighted by Crippen LogP contribution is -2.30. The molecule has 0 saturated carbocycles. The Balaban J connectivity index is 1.76. The fraction of sp³-hybridized carbons (Fsp3) is 0.389. The van der Waals surface area contributed by atoms with Gasteiger partial charge in [-0.25, -0.2) is 14.4 Å². The van der Waals surface area contributed by atoms with Gasteiger partial charge in [0.05, 0.1) is 6.04 Å². The number of aromatic nitrogens is 2. The van der Waals surface area contributed by atoms with Gasteiger partial charge >= 0.3 is 12.2 Å². The summed E-state index contributed by atoms with van der Waals surface area (Å²) in [5.74, 6) is -1.00. The predicted octanol–water partition coefficient (Wildman–Crippen LogP) is 3.68. The number of nitrogens with one attached hydrogen (secondary N) is 1. The lowest BCUT2D eigenvalue weighted by Gasteiger charge is -2.21. The molecule has 1 aliphatic rings. The topological polar surface area (TPSA) is 64.1 Å². The first-order valence-corrected chi connectivity index (χ1v) is 8.32. The Morgan fingerprint density at radius 2 is 1.89 bits per heavy atom. The minimum Gasteiger partial charge on any atom is -0.445 e. The molecular weight excluding hydrogens is 366 g/mol. The molecular formula is C18H17F4N3O2. The lowest BCUT2D eigenvalue weighted by molar-refractivity contribution is -0.200. The number of alkyl halides is 3. The first-order valence-electron chi connectivity index (χ1n) is 8.32. The number of rotatable bonds is 5. The summed E-state index contributed by atoms with van der Waals surface area (Å²) in [6.07, 6.45) is -3.31. The third-order valence-corrected chi connectivity index (χ3v) is 4.40. The zero-order valence-electron chi connectivity index (χ0n) is 14.3. The number of hydrogen-bond donors (Lipinski definition) is 1. The summed E-state index contributed by atoms with van der Waals surface area (Å²) in [5.41, 5.74) is -0.0000125. The monoisotopic (exact) mass is 383 g/mol. The van der Waals surface area contributed by atoms with E-state index in [1.807, 2.05) is 0 Å². The minimum absolute atomic E-state index is 0.0243. The van der Waals surface area contributed by atoms with E-state index in [1.54, 1.807) is 0 Å². The van der Waals surface area contributed by atoms with Crippen molar-refractivity contribution in [3.05, 3.63) is 53.6 Å². The van der Waals surface area contributed by atoms with Crippen LogP contribution in [-0.4, -0.2) is 28.0 Å². The molecule has 1 saturated heterocycles. The van der Waals surface area contributed by atoms with Crippen molar-refractivity contribution in [2.75, 3.05) is 0 Å². The van der Waals surface area contributed by atoms with Gasteiger partial charge in [-0.3, -0.25) is 4.79 Å². The largest absolute Gasteiger partial charge is 0.445 e. The van der Waals surface area contributed by atoms with Gasteiger partial charge < -0.3 is 10.1 Å². The van der Waals surface area contributed by atoms with Crippen molar-refractivity contribution in [2.45, 2.75) is 44.1 Å². The molecule has 0 amide bonds. The van der Waals surface area contributed by atoms with Crippen molar-refractivity contribution in [3.63, 3.8) is 0 Å². The normalized spacial score (nSPS) is 21.1. The van der Waals surface area contributed by atoms with Gasteiger partial charge in [0.2, 0.25) is 6.10 Å². The lowest BCUT2D eigenvalue weighted by atomic mass is 10.1. The summed E-state index contributed by atoms with van der Waals surface area (Å²) in [4.78, 5) is 19.0. The van der Waals surface area contributed by atoms with E-state index in [2.05, 4.69) is 15.3 Å². The maximum atomic E-state index is 13.8. The molecule has 0 bridgehead atoms. The van der Waals surface area contributed by atoms with E-state index in [0.717, 1.165) is 12.1 Å². The maximum absolute atomic E-state index is 13.8. The van der Waals surface area contributed by atoms with Crippen LogP contribution >= 0.6 is 0 Å². The highest BCUT2D eigenvalue weighted by Gasteiger charge is 2.45. The van der Waals surface area contributed by atoms with Crippen LogP contribution in [0.4, 0.5) is 17.6 Å². The van der Waals surface area contributed by atoms with Crippen LogP contribution in [0.25, 0.3) is 0 Å². The smallest absolute Gasteiger partial charge is 0.429 e. The predicted molar refractivity (Wildman–Crippen MR) is 87.4 cm³/mol. The van der Waals surface area contributed by atoms with E-state index in [4.69, 9.17) is 4.74 Å². The molecule has 1 fully saturated rings. The summed E-state index contributed by atoms with van der Waals surface area (Å²) in [6, 6.07) is 3.61. The first-order chi connectivity index (χ1) is 12.8. The number of ketones is 1. The maximum Gasteiger partial charge on any atom is 0.429 e. The second-order valence-electron chi connectivity index (χ2n) is 6.32. The Bertz CT molecular complexity index is 811. The molecule has 0 radical (unpaired) electrons. The standard InChI is InChI=1S/C18H17F4N3O2/c1-10(26)14-6-7-15(25-14)11-8-23-17(24-9-11)27-16(18(20,21)22)12-4-2-3-5-13(12)19/h2-5,8-9,14-16,25H,6-7H2,1H3. The summed E-state index contributed by atoms with van der Waals surface area (Å²) < 4.78 is 58.6. The number of Topliss-reactive ketones (excluding diaryl/α,β-unsaturated/α-hetero) is 1. The molecule has 2 aromatic rings. The Kier molecular flexibility index (Phi) is 5.41. The van der Waals surface area contributed by atoms with Crippen molar-refractivity contribution < 1.29 is 27.1 Å². The van der Waals surface area contributed by atoms with Crippen molar-refractivity contribution in [3.8, 4) is 6.01 Å². The van der Waals surface area contributed by atoms with E-state index < -0.39 is 29.7 Å². The van der Waals surface area contributed by atoms with Crippen LogP contribution in [0.1, 0.15) is 43.0 Å². The van der Waals surface area contributed by atoms with Gasteiger partial charge in [-0.05, 0) is 25.8 Å². The first kappa shape index (κ1) is 19.2. The highest BCUT2D eigenvalue weighted by Crippen LogP contribution is 2.37. The molecule has 0 spiro atoms. The van der Waals surface area contributed by atoms with E-state index in [-0.39, 0.29) is 17.9 Å². The molecule has 0 aliphatic carbocycles. The average molecular weight is 383 g/mol. The summed E-state index contributed by atoms with van der Waals surface area (Å²) in [5, 5.41) is 3.12. The van der Waals surface area contributed by atoms with E-state index >= 15 is 0 Å². The summed E-state index contributed by atoms with van der Waals surface area (Å²) >= 11 is 0. The SMILES string of the molecule is CC(=O)C1CCC(c2cnc(OC(c3ccccc3F)C(F)(F)F)nc2)N1. The Labute approximate surface area is 152 Å². The van der Waals surface area contributed by atoms with Crippen LogP contribution in [-0.2, 0) is 4.79 Å². The highest BCUT2D eigenvalue weighted by atomic mass is 19.4. The van der Waals surface area contributed by atoms with Crippen molar-refractivity contribution in [1.82, 2.24) is 15.3 Å². The van der Waals surface area contributed by atoms with Crippen molar-refractivity contribution in [1.29, 1.82) is 0 Å². The zero-order chi connectivity index (χ0) is 19.6. The number of halogens is 4.